The van der Waals surface area contributed by atoms with Gasteiger partial charge in [0.2, 0.25) is 0 Å². The largest absolute Gasteiger partial charge is 0.309 e. The van der Waals surface area contributed by atoms with Crippen LogP contribution in [0.1, 0.15) is 22.3 Å². The highest BCUT2D eigenvalue weighted by atomic mass is 15.0. The molecule has 0 spiro atoms. The van der Waals surface area contributed by atoms with Gasteiger partial charge in [0.25, 0.3) is 0 Å². The molecule has 2 heterocycles. The number of rotatable bonds is 7. The monoisotopic (exact) mass is 839 g/mol. The molecule has 0 bridgehead atoms. The third-order valence-electron chi connectivity index (χ3n) is 13.7. The maximum Gasteiger partial charge on any atom is 0.160 e. The standard InChI is InChI=1S/C63H41N3/c1-4-19-43(20-5-1)62-64-56(42-35-37-49(38-36-42)66-58-33-16-13-29-51(58)52-30-14-17-34-59(52)66)41-57(65-62)46-23-18-22-44(39-46)54-40-45-21-10-11-28-50(45)61-60(54)53-31-12-15-32-55(53)63(61,47-24-6-2-7-25-47)48-26-8-3-9-27-48/h1-41H. The molecule has 2 aromatic heterocycles. The van der Waals surface area contributed by atoms with Crippen LogP contribution in [-0.4, -0.2) is 14.5 Å². The maximum atomic E-state index is 5.31. The number of nitrogens with zero attached hydrogens (tertiary/aromatic N) is 3. The van der Waals surface area contributed by atoms with Crippen molar-refractivity contribution >= 4 is 32.6 Å². The first-order valence-corrected chi connectivity index (χ1v) is 22.7. The van der Waals surface area contributed by atoms with Gasteiger partial charge in [-0.25, -0.2) is 9.97 Å². The highest BCUT2D eigenvalue weighted by Gasteiger charge is 2.48. The van der Waals surface area contributed by atoms with Crippen LogP contribution in [0, 0.1) is 0 Å². The van der Waals surface area contributed by atoms with Crippen molar-refractivity contribution in [1.29, 1.82) is 0 Å². The van der Waals surface area contributed by atoms with E-state index in [-0.39, 0.29) is 0 Å². The highest BCUT2D eigenvalue weighted by molar-refractivity contribution is 6.09. The molecule has 0 fully saturated rings. The summed E-state index contributed by atoms with van der Waals surface area (Å²) in [5, 5.41) is 4.96. The topological polar surface area (TPSA) is 30.7 Å². The summed E-state index contributed by atoms with van der Waals surface area (Å²) in [7, 11) is 0. The minimum atomic E-state index is -0.537. The fraction of sp³-hybridized carbons (Fsp3) is 0.0159. The summed E-state index contributed by atoms with van der Waals surface area (Å²) in [5.74, 6) is 0.691. The summed E-state index contributed by atoms with van der Waals surface area (Å²) in [5.41, 5.74) is 17.7. The van der Waals surface area contributed by atoms with Gasteiger partial charge in [-0.05, 0) is 97.7 Å². The lowest BCUT2D eigenvalue weighted by atomic mass is 9.66. The minimum absolute atomic E-state index is 0.537. The van der Waals surface area contributed by atoms with Crippen LogP contribution >= 0.6 is 0 Å². The number of benzene rings is 10. The predicted molar refractivity (Wildman–Crippen MR) is 273 cm³/mol. The fourth-order valence-electron chi connectivity index (χ4n) is 10.8. The molecule has 0 saturated carbocycles. The molecule has 3 nitrogen and oxygen atoms in total. The first-order valence-electron chi connectivity index (χ1n) is 22.7. The molecule has 0 atom stereocenters. The van der Waals surface area contributed by atoms with E-state index in [0.29, 0.717) is 5.82 Å². The van der Waals surface area contributed by atoms with Crippen molar-refractivity contribution < 1.29 is 0 Å². The van der Waals surface area contributed by atoms with E-state index in [4.69, 9.17) is 9.97 Å². The van der Waals surface area contributed by atoms with Crippen molar-refractivity contribution in [1.82, 2.24) is 14.5 Å². The Balaban J connectivity index is 0.994. The van der Waals surface area contributed by atoms with Crippen molar-refractivity contribution in [2.24, 2.45) is 0 Å². The zero-order chi connectivity index (χ0) is 43.6. The van der Waals surface area contributed by atoms with Crippen molar-refractivity contribution in [2.45, 2.75) is 5.41 Å². The molecule has 3 heteroatoms. The molecule has 0 N–H and O–H groups in total. The van der Waals surface area contributed by atoms with Crippen molar-refractivity contribution in [2.75, 3.05) is 0 Å². The lowest BCUT2D eigenvalue weighted by Gasteiger charge is -2.35. The van der Waals surface area contributed by atoms with Gasteiger partial charge in [0.05, 0.1) is 27.8 Å². The molecule has 0 radical (unpaired) electrons. The summed E-state index contributed by atoms with van der Waals surface area (Å²) in [4.78, 5) is 10.5. The van der Waals surface area contributed by atoms with Gasteiger partial charge >= 0.3 is 0 Å². The average Bonchev–Trinajstić information content (AvgIpc) is 3.91. The predicted octanol–water partition coefficient (Wildman–Crippen LogP) is 15.8. The molecular formula is C63H41N3. The number of aromatic nitrogens is 3. The summed E-state index contributed by atoms with van der Waals surface area (Å²) < 4.78 is 2.35. The summed E-state index contributed by atoms with van der Waals surface area (Å²) in [6.07, 6.45) is 0. The van der Waals surface area contributed by atoms with Gasteiger partial charge in [-0.15, -0.1) is 0 Å². The Bertz CT molecular complexity index is 3700. The molecule has 0 amide bonds. The van der Waals surface area contributed by atoms with Crippen molar-refractivity contribution in [3.63, 3.8) is 0 Å². The first kappa shape index (κ1) is 37.9. The molecule has 13 rings (SSSR count). The Morgan fingerprint density at radius 3 is 1.56 bits per heavy atom. The first-order chi connectivity index (χ1) is 32.7. The molecular weight excluding hydrogens is 799 g/mol. The number of hydrogen-bond acceptors (Lipinski definition) is 2. The average molecular weight is 840 g/mol. The van der Waals surface area contributed by atoms with E-state index in [1.54, 1.807) is 0 Å². The Morgan fingerprint density at radius 1 is 0.348 bits per heavy atom. The molecule has 0 aliphatic heterocycles. The minimum Gasteiger partial charge on any atom is -0.309 e. The third-order valence-corrected chi connectivity index (χ3v) is 13.7. The zero-order valence-electron chi connectivity index (χ0n) is 36.0. The number of hydrogen-bond donors (Lipinski definition) is 0. The number of fused-ring (bicyclic) bond motifs is 8. The van der Waals surface area contributed by atoms with Gasteiger partial charge < -0.3 is 4.57 Å². The van der Waals surface area contributed by atoms with E-state index in [1.807, 2.05) is 6.07 Å². The molecule has 0 saturated heterocycles. The molecule has 1 aliphatic rings. The second-order valence-electron chi connectivity index (χ2n) is 17.2. The van der Waals surface area contributed by atoms with Crippen LogP contribution in [0.4, 0.5) is 0 Å². The summed E-state index contributed by atoms with van der Waals surface area (Å²) in [6.45, 7) is 0. The van der Waals surface area contributed by atoms with E-state index >= 15 is 0 Å². The normalized spacial score (nSPS) is 12.7. The van der Waals surface area contributed by atoms with Gasteiger partial charge in [-0.1, -0.05) is 206 Å². The molecule has 308 valence electrons. The summed E-state index contributed by atoms with van der Waals surface area (Å²) in [6, 6.07) is 90.0. The van der Waals surface area contributed by atoms with E-state index < -0.39 is 5.41 Å². The maximum absolute atomic E-state index is 5.31. The van der Waals surface area contributed by atoms with Gasteiger partial charge in [0, 0.05) is 33.2 Å². The molecule has 1 aliphatic carbocycles. The van der Waals surface area contributed by atoms with Crippen molar-refractivity contribution in [3.8, 4) is 61.8 Å². The molecule has 12 aromatic rings. The van der Waals surface area contributed by atoms with E-state index in [2.05, 4.69) is 247 Å². The lowest BCUT2D eigenvalue weighted by Crippen LogP contribution is -2.28. The van der Waals surface area contributed by atoms with Crippen LogP contribution in [0.3, 0.4) is 0 Å². The Kier molecular flexibility index (Phi) is 8.75. The molecule has 66 heavy (non-hydrogen) atoms. The van der Waals surface area contributed by atoms with E-state index in [0.717, 1.165) is 39.3 Å². The van der Waals surface area contributed by atoms with Crippen LogP contribution in [0.2, 0.25) is 0 Å². The van der Waals surface area contributed by atoms with Gasteiger partial charge in [-0.2, -0.15) is 0 Å². The van der Waals surface area contributed by atoms with Gasteiger partial charge in [0.15, 0.2) is 5.82 Å². The van der Waals surface area contributed by atoms with Crippen LogP contribution in [0.25, 0.3) is 94.4 Å². The van der Waals surface area contributed by atoms with Gasteiger partial charge in [0.1, 0.15) is 0 Å². The van der Waals surface area contributed by atoms with Gasteiger partial charge in [-0.3, -0.25) is 0 Å². The summed E-state index contributed by atoms with van der Waals surface area (Å²) >= 11 is 0. The Morgan fingerprint density at radius 2 is 0.879 bits per heavy atom. The van der Waals surface area contributed by atoms with Crippen LogP contribution in [0.5, 0.6) is 0 Å². The van der Waals surface area contributed by atoms with E-state index in [1.165, 1.54) is 71.5 Å². The molecule has 0 unspecified atom stereocenters. The Hall–Kier alpha value is -8.66. The zero-order valence-corrected chi connectivity index (χ0v) is 36.0. The second kappa shape index (κ2) is 15.3. The fourth-order valence-corrected chi connectivity index (χ4v) is 10.8. The SMILES string of the molecule is c1ccc(-c2nc(-c3ccc(-n4c5ccccc5c5ccccc54)cc3)cc(-c3cccc(-c4cc5ccccc5c5c4-c4ccccc4C5(c4ccccc4)c4ccccc4)c3)n2)cc1. The van der Waals surface area contributed by atoms with Crippen LogP contribution in [0.15, 0.2) is 249 Å². The smallest absolute Gasteiger partial charge is 0.160 e. The molecule has 10 aromatic carbocycles. The quantitative estimate of drug-likeness (QED) is 0.160. The lowest BCUT2D eigenvalue weighted by molar-refractivity contribution is 0.775. The van der Waals surface area contributed by atoms with E-state index in [9.17, 15) is 0 Å². The van der Waals surface area contributed by atoms with Crippen LogP contribution < -0.4 is 0 Å². The number of para-hydroxylation sites is 2. The second-order valence-corrected chi connectivity index (χ2v) is 17.2. The van der Waals surface area contributed by atoms with Crippen LogP contribution in [-0.2, 0) is 5.41 Å². The Labute approximate surface area is 383 Å². The van der Waals surface area contributed by atoms with Crippen molar-refractivity contribution in [3.05, 3.63) is 271 Å². The third kappa shape index (κ3) is 5.84. The highest BCUT2D eigenvalue weighted by Crippen LogP contribution is 2.60.